The van der Waals surface area contributed by atoms with E-state index in [1.807, 2.05) is 0 Å². The topological polar surface area (TPSA) is 41.6 Å². The van der Waals surface area contributed by atoms with Crippen LogP contribution in [0.5, 0.6) is 0 Å². The van der Waals surface area contributed by atoms with E-state index in [-0.39, 0.29) is 0 Å². The number of H-pyrrole nitrogens is 1. The van der Waals surface area contributed by atoms with Crippen molar-refractivity contribution in [3.63, 3.8) is 0 Å². The summed E-state index contributed by atoms with van der Waals surface area (Å²) in [6.07, 6.45) is 2.43. The summed E-state index contributed by atoms with van der Waals surface area (Å²) in [6.45, 7) is 4.14. The molecule has 0 amide bonds. The van der Waals surface area contributed by atoms with Crippen molar-refractivity contribution in [1.29, 1.82) is 0 Å². The second-order valence-corrected chi connectivity index (χ2v) is 2.32. The van der Waals surface area contributed by atoms with Gasteiger partial charge in [-0.1, -0.05) is 13.8 Å². The number of hydrogen-bond donors (Lipinski definition) is 1. The largest absolute Gasteiger partial charge is 0.263 e. The van der Waals surface area contributed by atoms with Crippen molar-refractivity contribution < 1.29 is 0 Å². The standard InChI is InChI=1S/C6H10N3/c1-5(2)3-6-7-4-8-9-6/h4H,3H2,1-2H3,(H,7,8,9). The quantitative estimate of drug-likeness (QED) is 0.638. The lowest BCUT2D eigenvalue weighted by Crippen LogP contribution is -1.93. The molecule has 1 radical (unpaired) electrons. The van der Waals surface area contributed by atoms with E-state index in [0.717, 1.165) is 12.2 Å². The van der Waals surface area contributed by atoms with Gasteiger partial charge in [0.05, 0.1) is 0 Å². The van der Waals surface area contributed by atoms with Crippen LogP contribution in [-0.2, 0) is 6.42 Å². The van der Waals surface area contributed by atoms with Crippen molar-refractivity contribution in [3.8, 4) is 0 Å². The van der Waals surface area contributed by atoms with Crippen LogP contribution in [0.15, 0.2) is 6.33 Å². The van der Waals surface area contributed by atoms with E-state index >= 15 is 0 Å². The summed E-state index contributed by atoms with van der Waals surface area (Å²) >= 11 is 0. The van der Waals surface area contributed by atoms with Crippen LogP contribution in [0.2, 0.25) is 0 Å². The number of nitrogens with zero attached hydrogens (tertiary/aromatic N) is 2. The fourth-order valence-electron chi connectivity index (χ4n) is 0.651. The summed E-state index contributed by atoms with van der Waals surface area (Å²) in [5.74, 6) is 2.28. The highest BCUT2D eigenvalue weighted by Crippen LogP contribution is 2.01. The van der Waals surface area contributed by atoms with E-state index in [1.54, 1.807) is 0 Å². The maximum absolute atomic E-state index is 3.97. The first-order chi connectivity index (χ1) is 4.29. The third kappa shape index (κ3) is 1.83. The Balaban J connectivity index is 2.48. The highest BCUT2D eigenvalue weighted by molar-refractivity contribution is 4.92. The first-order valence-electron chi connectivity index (χ1n) is 2.92. The summed E-state index contributed by atoms with van der Waals surface area (Å²) in [5, 5.41) is 6.51. The zero-order valence-corrected chi connectivity index (χ0v) is 5.68. The fourth-order valence-corrected chi connectivity index (χ4v) is 0.651. The molecule has 0 saturated heterocycles. The summed E-state index contributed by atoms with van der Waals surface area (Å²) in [6, 6.07) is 0. The molecule has 0 atom stereocenters. The van der Waals surface area contributed by atoms with Crippen LogP contribution in [0, 0.1) is 5.92 Å². The van der Waals surface area contributed by atoms with E-state index in [4.69, 9.17) is 0 Å². The van der Waals surface area contributed by atoms with E-state index in [9.17, 15) is 0 Å². The van der Waals surface area contributed by atoms with Crippen molar-refractivity contribution in [2.45, 2.75) is 20.3 Å². The van der Waals surface area contributed by atoms with Gasteiger partial charge < -0.3 is 0 Å². The molecule has 0 aliphatic rings. The van der Waals surface area contributed by atoms with Gasteiger partial charge in [-0.25, -0.2) is 4.98 Å². The molecular formula is C6H10N3. The van der Waals surface area contributed by atoms with Crippen molar-refractivity contribution in [2.24, 2.45) is 0 Å². The van der Waals surface area contributed by atoms with Gasteiger partial charge in [0.15, 0.2) is 0 Å². The average molecular weight is 124 g/mol. The molecule has 49 valence electrons. The minimum absolute atomic E-state index is 0.903. The molecule has 0 spiro atoms. The molecule has 0 aliphatic carbocycles. The van der Waals surface area contributed by atoms with Crippen molar-refractivity contribution in [2.75, 3.05) is 0 Å². The van der Waals surface area contributed by atoms with Crippen molar-refractivity contribution >= 4 is 0 Å². The zero-order chi connectivity index (χ0) is 6.69. The van der Waals surface area contributed by atoms with Crippen LogP contribution in [0.3, 0.4) is 0 Å². The molecule has 0 unspecified atom stereocenters. The third-order valence-electron chi connectivity index (χ3n) is 0.986. The van der Waals surface area contributed by atoms with Crippen LogP contribution in [0.4, 0.5) is 0 Å². The molecule has 1 N–H and O–H groups in total. The summed E-state index contributed by atoms with van der Waals surface area (Å²) in [5.41, 5.74) is 0. The molecule has 0 aromatic carbocycles. The lowest BCUT2D eigenvalue weighted by Gasteiger charge is -1.96. The van der Waals surface area contributed by atoms with Gasteiger partial charge in [0, 0.05) is 6.42 Å². The molecule has 0 fully saturated rings. The number of rotatable bonds is 2. The van der Waals surface area contributed by atoms with Crippen LogP contribution in [0.25, 0.3) is 0 Å². The molecule has 3 nitrogen and oxygen atoms in total. The number of hydrogen-bond acceptors (Lipinski definition) is 2. The van der Waals surface area contributed by atoms with Crippen LogP contribution < -0.4 is 0 Å². The maximum atomic E-state index is 3.97. The highest BCUT2D eigenvalue weighted by Gasteiger charge is 1.98. The van der Waals surface area contributed by atoms with Crippen LogP contribution in [-0.4, -0.2) is 15.2 Å². The maximum Gasteiger partial charge on any atom is 0.137 e. The van der Waals surface area contributed by atoms with Gasteiger partial charge in [-0.2, -0.15) is 5.10 Å². The molecule has 1 heterocycles. The summed E-state index contributed by atoms with van der Waals surface area (Å²) < 4.78 is 0. The normalized spacial score (nSPS) is 10.6. The molecule has 9 heavy (non-hydrogen) atoms. The Kier molecular flexibility index (Phi) is 1.82. The third-order valence-corrected chi connectivity index (χ3v) is 0.986. The number of aromatic nitrogens is 3. The Hall–Kier alpha value is -0.860. The predicted molar refractivity (Wildman–Crippen MR) is 34.7 cm³/mol. The Bertz CT molecular complexity index is 155. The van der Waals surface area contributed by atoms with Crippen molar-refractivity contribution in [3.05, 3.63) is 18.1 Å². The minimum atomic E-state index is 0.903. The molecule has 1 rings (SSSR count). The van der Waals surface area contributed by atoms with Gasteiger partial charge in [0.2, 0.25) is 0 Å². The van der Waals surface area contributed by atoms with Gasteiger partial charge in [0.25, 0.3) is 0 Å². The molecule has 3 heteroatoms. The monoisotopic (exact) mass is 124 g/mol. The smallest absolute Gasteiger partial charge is 0.137 e. The highest BCUT2D eigenvalue weighted by atomic mass is 15.2. The second-order valence-electron chi connectivity index (χ2n) is 2.32. The van der Waals surface area contributed by atoms with E-state index < -0.39 is 0 Å². The van der Waals surface area contributed by atoms with Gasteiger partial charge in [-0.3, -0.25) is 5.10 Å². The molecule has 1 aromatic heterocycles. The minimum Gasteiger partial charge on any atom is -0.263 e. The molecule has 0 aliphatic heterocycles. The van der Waals surface area contributed by atoms with E-state index in [0.29, 0.717) is 0 Å². The van der Waals surface area contributed by atoms with Crippen molar-refractivity contribution in [1.82, 2.24) is 15.2 Å². The Morgan fingerprint density at radius 3 is 2.89 bits per heavy atom. The van der Waals surface area contributed by atoms with Gasteiger partial charge in [0.1, 0.15) is 12.2 Å². The SMILES string of the molecule is C[C](C)Cc1ncn[nH]1. The first-order valence-corrected chi connectivity index (χ1v) is 2.92. The van der Waals surface area contributed by atoms with Gasteiger partial charge >= 0.3 is 0 Å². The zero-order valence-electron chi connectivity index (χ0n) is 5.68. The second kappa shape index (κ2) is 2.62. The first kappa shape index (κ1) is 6.26. The average Bonchev–Trinajstić information content (AvgIpc) is 2.15. The van der Waals surface area contributed by atoms with Crippen LogP contribution >= 0.6 is 0 Å². The fraction of sp³-hybridized carbons (Fsp3) is 0.500. The number of aromatic amines is 1. The van der Waals surface area contributed by atoms with Gasteiger partial charge in [-0.05, 0) is 5.92 Å². The Morgan fingerprint density at radius 1 is 1.67 bits per heavy atom. The molecular weight excluding hydrogens is 114 g/mol. The Morgan fingerprint density at radius 2 is 2.44 bits per heavy atom. The number of nitrogens with one attached hydrogen (secondary N) is 1. The predicted octanol–water partition coefficient (Wildman–Crippen LogP) is 0.961. The molecule has 1 aromatic rings. The Labute approximate surface area is 54.5 Å². The molecule has 0 saturated carbocycles. The van der Waals surface area contributed by atoms with E-state index in [2.05, 4.69) is 29.0 Å². The van der Waals surface area contributed by atoms with Gasteiger partial charge in [-0.15, -0.1) is 0 Å². The summed E-state index contributed by atoms with van der Waals surface area (Å²) in [4.78, 5) is 3.97. The molecule has 0 bridgehead atoms. The lowest BCUT2D eigenvalue weighted by atomic mass is 10.1. The summed E-state index contributed by atoms with van der Waals surface area (Å²) in [7, 11) is 0. The van der Waals surface area contributed by atoms with Crippen LogP contribution in [0.1, 0.15) is 19.7 Å². The lowest BCUT2D eigenvalue weighted by molar-refractivity contribution is 0.871. The van der Waals surface area contributed by atoms with E-state index in [1.165, 1.54) is 12.2 Å².